The summed E-state index contributed by atoms with van der Waals surface area (Å²) in [6.07, 6.45) is 2.85. The highest BCUT2D eigenvalue weighted by molar-refractivity contribution is 7.98. The Morgan fingerprint density at radius 1 is 1.07 bits per heavy atom. The molecule has 0 spiro atoms. The number of hydrogen-bond acceptors (Lipinski definition) is 7. The van der Waals surface area contributed by atoms with Crippen molar-refractivity contribution in [3.05, 3.63) is 0 Å². The van der Waals surface area contributed by atoms with Crippen molar-refractivity contribution >= 4 is 41.4 Å². The summed E-state index contributed by atoms with van der Waals surface area (Å²) in [7, 11) is 0. The van der Waals surface area contributed by atoms with Crippen molar-refractivity contribution in [3.8, 4) is 0 Å². The van der Waals surface area contributed by atoms with Crippen LogP contribution in [0.15, 0.2) is 4.99 Å². The van der Waals surface area contributed by atoms with Gasteiger partial charge in [0, 0.05) is 6.54 Å². The van der Waals surface area contributed by atoms with Crippen LogP contribution in [0.5, 0.6) is 0 Å². The Morgan fingerprint density at radius 2 is 1.71 bits per heavy atom. The van der Waals surface area contributed by atoms with Crippen LogP contribution in [0.1, 0.15) is 19.3 Å². The third-order valence-electron chi connectivity index (χ3n) is 3.42. The van der Waals surface area contributed by atoms with Crippen LogP contribution in [0.2, 0.25) is 0 Å². The summed E-state index contributed by atoms with van der Waals surface area (Å²) in [5.41, 5.74) is 16.0. The molecular formula is C15H29N7O5S. The highest BCUT2D eigenvalue weighted by atomic mass is 32.2. The Hall–Kier alpha value is -2.54. The van der Waals surface area contributed by atoms with Gasteiger partial charge in [-0.3, -0.25) is 19.4 Å². The average Bonchev–Trinajstić information content (AvgIpc) is 2.64. The number of carboxylic acid groups (broad SMARTS) is 1. The molecule has 12 nitrogen and oxygen atoms in total. The number of guanidine groups is 1. The second-order valence-corrected chi connectivity index (χ2v) is 6.78. The molecule has 2 unspecified atom stereocenters. The second-order valence-electron chi connectivity index (χ2n) is 5.79. The number of carbonyl (C=O) groups excluding carboxylic acids is 3. The van der Waals surface area contributed by atoms with Crippen molar-refractivity contribution < 1.29 is 24.3 Å². The van der Waals surface area contributed by atoms with Gasteiger partial charge in [-0.05, 0) is 31.3 Å². The highest BCUT2D eigenvalue weighted by Crippen LogP contribution is 1.99. The third kappa shape index (κ3) is 12.8. The van der Waals surface area contributed by atoms with E-state index in [-0.39, 0.29) is 25.5 Å². The van der Waals surface area contributed by atoms with Crippen molar-refractivity contribution in [1.82, 2.24) is 16.0 Å². The molecule has 0 aromatic carbocycles. The number of hydrogen-bond donors (Lipinski definition) is 7. The lowest BCUT2D eigenvalue weighted by Gasteiger charge is -2.15. The van der Waals surface area contributed by atoms with Crippen LogP contribution in [0.3, 0.4) is 0 Å². The highest BCUT2D eigenvalue weighted by Gasteiger charge is 2.20. The minimum Gasteiger partial charge on any atom is -0.480 e. The first kappa shape index (κ1) is 25.5. The van der Waals surface area contributed by atoms with Gasteiger partial charge in [0.2, 0.25) is 17.7 Å². The van der Waals surface area contributed by atoms with Crippen LogP contribution in [-0.2, 0) is 19.2 Å². The zero-order valence-electron chi connectivity index (χ0n) is 15.8. The monoisotopic (exact) mass is 419 g/mol. The zero-order valence-corrected chi connectivity index (χ0v) is 16.6. The largest absolute Gasteiger partial charge is 0.480 e. The Labute approximate surface area is 167 Å². The van der Waals surface area contributed by atoms with Gasteiger partial charge < -0.3 is 38.3 Å². The van der Waals surface area contributed by atoms with Gasteiger partial charge in [0.05, 0.1) is 19.1 Å². The topological polar surface area (TPSA) is 215 Å². The fourth-order valence-corrected chi connectivity index (χ4v) is 2.41. The SMILES string of the molecule is CSCCC(N)C(=O)NCC(=O)NCC(=O)NC(CCCN=C(N)N)C(=O)O. The number of thioether (sulfide) groups is 1. The maximum Gasteiger partial charge on any atom is 0.326 e. The molecule has 0 saturated heterocycles. The normalized spacial score (nSPS) is 12.4. The molecule has 0 bridgehead atoms. The summed E-state index contributed by atoms with van der Waals surface area (Å²) < 4.78 is 0. The van der Waals surface area contributed by atoms with Crippen LogP contribution in [0.4, 0.5) is 0 Å². The van der Waals surface area contributed by atoms with E-state index >= 15 is 0 Å². The average molecular weight is 420 g/mol. The zero-order chi connectivity index (χ0) is 21.5. The van der Waals surface area contributed by atoms with Gasteiger partial charge >= 0.3 is 5.97 Å². The lowest BCUT2D eigenvalue weighted by molar-refractivity contribution is -0.142. The first-order chi connectivity index (χ1) is 13.2. The molecule has 0 saturated carbocycles. The quantitative estimate of drug-likeness (QED) is 0.0861. The van der Waals surface area contributed by atoms with Crippen LogP contribution >= 0.6 is 11.8 Å². The molecule has 2 atom stereocenters. The maximum atomic E-state index is 11.8. The Bertz CT molecular complexity index is 569. The summed E-state index contributed by atoms with van der Waals surface area (Å²) >= 11 is 1.55. The predicted octanol–water partition coefficient (Wildman–Crippen LogP) is -3.08. The van der Waals surface area contributed by atoms with Gasteiger partial charge in [0.15, 0.2) is 5.96 Å². The first-order valence-corrected chi connectivity index (χ1v) is 9.93. The van der Waals surface area contributed by atoms with E-state index in [9.17, 15) is 19.2 Å². The molecule has 0 heterocycles. The number of nitrogens with zero attached hydrogens (tertiary/aromatic N) is 1. The van der Waals surface area contributed by atoms with Crippen LogP contribution in [0, 0.1) is 0 Å². The molecule has 160 valence electrons. The van der Waals surface area contributed by atoms with E-state index in [1.807, 2.05) is 6.26 Å². The summed E-state index contributed by atoms with van der Waals surface area (Å²) in [5.74, 6) is -2.32. The smallest absolute Gasteiger partial charge is 0.326 e. The van der Waals surface area contributed by atoms with E-state index in [2.05, 4.69) is 20.9 Å². The van der Waals surface area contributed by atoms with E-state index in [1.165, 1.54) is 0 Å². The maximum absolute atomic E-state index is 11.8. The van der Waals surface area contributed by atoms with Gasteiger partial charge in [-0.2, -0.15) is 11.8 Å². The fourth-order valence-electron chi connectivity index (χ4n) is 1.92. The van der Waals surface area contributed by atoms with E-state index in [1.54, 1.807) is 11.8 Å². The number of amides is 3. The van der Waals surface area contributed by atoms with E-state index in [0.717, 1.165) is 5.75 Å². The van der Waals surface area contributed by atoms with Crippen molar-refractivity contribution in [1.29, 1.82) is 0 Å². The number of nitrogens with one attached hydrogen (secondary N) is 3. The minimum absolute atomic E-state index is 0.101. The number of rotatable bonds is 14. The van der Waals surface area contributed by atoms with Crippen LogP contribution in [0.25, 0.3) is 0 Å². The first-order valence-electron chi connectivity index (χ1n) is 8.53. The Morgan fingerprint density at radius 3 is 2.29 bits per heavy atom. The Kier molecular flexibility index (Phi) is 13.2. The summed E-state index contributed by atoms with van der Waals surface area (Å²) in [4.78, 5) is 50.1. The number of carboxylic acids is 1. The molecule has 0 rings (SSSR count). The molecule has 0 aliphatic carbocycles. The second kappa shape index (κ2) is 14.5. The van der Waals surface area contributed by atoms with E-state index in [0.29, 0.717) is 12.8 Å². The van der Waals surface area contributed by atoms with Crippen molar-refractivity contribution in [2.24, 2.45) is 22.2 Å². The number of nitrogens with two attached hydrogens (primary N) is 3. The number of aliphatic carboxylic acids is 1. The molecule has 13 heteroatoms. The molecule has 0 aliphatic rings. The molecule has 28 heavy (non-hydrogen) atoms. The standard InChI is InChI=1S/C15H29N7O5S/c1-28-6-4-9(16)13(25)21-7-11(23)20-8-12(24)22-10(14(26)27)3-2-5-19-15(17)18/h9-10H,2-8,16H2,1H3,(H,20,23)(H,21,25)(H,22,24)(H,26,27)(H4,17,18,19). The van der Waals surface area contributed by atoms with Gasteiger partial charge in [-0.1, -0.05) is 0 Å². The van der Waals surface area contributed by atoms with Gasteiger partial charge in [0.1, 0.15) is 6.04 Å². The molecule has 3 amide bonds. The molecule has 0 aliphatic heterocycles. The van der Waals surface area contributed by atoms with E-state index in [4.69, 9.17) is 22.3 Å². The number of carbonyl (C=O) groups is 4. The van der Waals surface area contributed by atoms with Crippen molar-refractivity contribution in [3.63, 3.8) is 0 Å². The predicted molar refractivity (Wildman–Crippen MR) is 106 cm³/mol. The summed E-state index contributed by atoms with van der Waals surface area (Å²) in [5, 5.41) is 16.1. The molecule has 10 N–H and O–H groups in total. The van der Waals surface area contributed by atoms with Crippen LogP contribution < -0.4 is 33.2 Å². The number of aliphatic imine (C=N–C) groups is 1. The molecule has 0 fully saturated rings. The molecule has 0 aromatic rings. The van der Waals surface area contributed by atoms with Crippen LogP contribution in [-0.4, -0.2) is 78.5 Å². The molecular weight excluding hydrogens is 390 g/mol. The lowest BCUT2D eigenvalue weighted by atomic mass is 10.1. The van der Waals surface area contributed by atoms with Gasteiger partial charge in [-0.15, -0.1) is 0 Å². The molecule has 0 radical (unpaired) electrons. The fraction of sp³-hybridized carbons (Fsp3) is 0.667. The van der Waals surface area contributed by atoms with Gasteiger partial charge in [0.25, 0.3) is 0 Å². The Balaban J connectivity index is 4.18. The van der Waals surface area contributed by atoms with Crippen molar-refractivity contribution in [2.75, 3.05) is 31.6 Å². The lowest BCUT2D eigenvalue weighted by Crippen LogP contribution is -2.48. The summed E-state index contributed by atoms with van der Waals surface area (Å²) in [6, 6.07) is -1.84. The third-order valence-corrected chi connectivity index (χ3v) is 4.06. The van der Waals surface area contributed by atoms with Crippen molar-refractivity contribution in [2.45, 2.75) is 31.3 Å². The van der Waals surface area contributed by atoms with Gasteiger partial charge in [-0.25, -0.2) is 4.79 Å². The van der Waals surface area contributed by atoms with E-state index < -0.39 is 42.3 Å². The molecule has 0 aromatic heterocycles. The summed E-state index contributed by atoms with van der Waals surface area (Å²) in [6.45, 7) is -0.525. The minimum atomic E-state index is -1.21.